The summed E-state index contributed by atoms with van der Waals surface area (Å²) in [4.78, 5) is 25.4. The molecule has 1 atom stereocenters. The molecule has 2 amide bonds. The number of nitrogens with zero attached hydrogens (tertiary/aromatic N) is 1. The van der Waals surface area contributed by atoms with Crippen LogP contribution in [-0.4, -0.2) is 55.8 Å². The molecule has 0 aromatic rings. The number of amides is 2. The molecule has 2 fully saturated rings. The Labute approximate surface area is 107 Å². The fourth-order valence-corrected chi connectivity index (χ4v) is 2.99. The molecule has 1 saturated heterocycles. The third kappa shape index (κ3) is 2.36. The largest absolute Gasteiger partial charge is 0.345 e. The van der Waals surface area contributed by atoms with E-state index in [2.05, 4.69) is 5.32 Å². The van der Waals surface area contributed by atoms with Crippen LogP contribution in [0.25, 0.3) is 0 Å². The number of nitrogens with one attached hydrogen (secondary N) is 1. The van der Waals surface area contributed by atoms with Crippen LogP contribution in [-0.2, 0) is 19.4 Å². The summed E-state index contributed by atoms with van der Waals surface area (Å²) in [6.07, 6.45) is 2.95. The first-order chi connectivity index (χ1) is 8.25. The van der Waals surface area contributed by atoms with Crippen LogP contribution in [0.1, 0.15) is 19.8 Å². The fourth-order valence-electron chi connectivity index (χ4n) is 2.48. The van der Waals surface area contributed by atoms with E-state index < -0.39 is 15.4 Å². The number of sulfone groups is 1. The minimum absolute atomic E-state index is 0.0368. The van der Waals surface area contributed by atoms with E-state index in [4.69, 9.17) is 0 Å². The second-order valence-electron chi connectivity index (χ2n) is 5.28. The Bertz CT molecular complexity index is 483. The second-order valence-corrected chi connectivity index (χ2v) is 7.54. The van der Waals surface area contributed by atoms with E-state index in [1.165, 1.54) is 4.90 Å². The number of hydrogen-bond donors (Lipinski definition) is 1. The lowest BCUT2D eigenvalue weighted by molar-refractivity contribution is -0.153. The molecule has 7 heteroatoms. The molecule has 1 saturated carbocycles. The molecule has 1 unspecified atom stereocenters. The molecule has 1 heterocycles. The van der Waals surface area contributed by atoms with Crippen molar-refractivity contribution in [2.24, 2.45) is 5.92 Å². The van der Waals surface area contributed by atoms with Gasteiger partial charge in [-0.15, -0.1) is 0 Å². The van der Waals surface area contributed by atoms with Gasteiger partial charge in [0.05, 0.1) is 12.3 Å². The van der Waals surface area contributed by atoms with Crippen LogP contribution in [0, 0.1) is 5.92 Å². The summed E-state index contributed by atoms with van der Waals surface area (Å²) in [5.74, 6) is -0.319. The van der Waals surface area contributed by atoms with E-state index >= 15 is 0 Å². The van der Waals surface area contributed by atoms with Gasteiger partial charge in [0.2, 0.25) is 11.8 Å². The molecule has 6 nitrogen and oxygen atoms in total. The zero-order valence-electron chi connectivity index (χ0n) is 10.6. The first kappa shape index (κ1) is 13.3. The average molecular weight is 274 g/mol. The lowest BCUT2D eigenvalue weighted by atomic mass is 9.90. The Morgan fingerprint density at radius 3 is 2.50 bits per heavy atom. The van der Waals surface area contributed by atoms with Gasteiger partial charge < -0.3 is 10.2 Å². The zero-order valence-corrected chi connectivity index (χ0v) is 11.4. The standard InChI is InChI=1S/C11H18N2O4S/c1-11(8-3-4-8)10(15)12-7-9(14)13(11)5-6-18(2,16)17/h8H,3-7H2,1-2H3,(H,12,15). The van der Waals surface area contributed by atoms with Crippen molar-refractivity contribution in [3.8, 4) is 0 Å². The molecule has 18 heavy (non-hydrogen) atoms. The monoisotopic (exact) mass is 274 g/mol. The highest BCUT2D eigenvalue weighted by atomic mass is 32.2. The van der Waals surface area contributed by atoms with E-state index in [-0.39, 0.29) is 36.6 Å². The van der Waals surface area contributed by atoms with Gasteiger partial charge in [-0.25, -0.2) is 8.42 Å². The molecule has 1 aliphatic carbocycles. The van der Waals surface area contributed by atoms with Crippen molar-refractivity contribution in [1.82, 2.24) is 10.2 Å². The molecule has 0 spiro atoms. The Morgan fingerprint density at radius 2 is 2.00 bits per heavy atom. The smallest absolute Gasteiger partial charge is 0.246 e. The number of carbonyl (C=O) groups excluding carboxylic acids is 2. The summed E-state index contributed by atoms with van der Waals surface area (Å²) in [5.41, 5.74) is -0.875. The Balaban J connectivity index is 2.21. The van der Waals surface area contributed by atoms with Crippen LogP contribution in [0.4, 0.5) is 0 Å². The van der Waals surface area contributed by atoms with Crippen molar-refractivity contribution >= 4 is 21.7 Å². The topological polar surface area (TPSA) is 83.6 Å². The van der Waals surface area contributed by atoms with E-state index in [1.807, 2.05) is 0 Å². The molecule has 0 radical (unpaired) electrons. The Hall–Kier alpha value is -1.11. The predicted molar refractivity (Wildman–Crippen MR) is 65.6 cm³/mol. The molecule has 1 aliphatic heterocycles. The van der Waals surface area contributed by atoms with Gasteiger partial charge >= 0.3 is 0 Å². The fraction of sp³-hybridized carbons (Fsp3) is 0.818. The Morgan fingerprint density at radius 1 is 1.39 bits per heavy atom. The Kier molecular flexibility index (Phi) is 3.12. The summed E-state index contributed by atoms with van der Waals surface area (Å²) < 4.78 is 22.4. The van der Waals surface area contributed by atoms with Crippen molar-refractivity contribution in [2.45, 2.75) is 25.3 Å². The minimum Gasteiger partial charge on any atom is -0.345 e. The highest BCUT2D eigenvalue weighted by Crippen LogP contribution is 2.44. The molecule has 0 aromatic heterocycles. The van der Waals surface area contributed by atoms with E-state index in [1.54, 1.807) is 6.92 Å². The average Bonchev–Trinajstić information content (AvgIpc) is 3.06. The highest BCUT2D eigenvalue weighted by Gasteiger charge is 2.54. The maximum atomic E-state index is 12.0. The second kappa shape index (κ2) is 4.22. The lowest BCUT2D eigenvalue weighted by Gasteiger charge is -2.43. The van der Waals surface area contributed by atoms with Gasteiger partial charge in [-0.05, 0) is 25.7 Å². The molecule has 2 rings (SSSR count). The van der Waals surface area contributed by atoms with Gasteiger partial charge in [0.15, 0.2) is 0 Å². The first-order valence-electron chi connectivity index (χ1n) is 6.01. The third-order valence-electron chi connectivity index (χ3n) is 3.78. The van der Waals surface area contributed by atoms with Crippen LogP contribution in [0.15, 0.2) is 0 Å². The maximum Gasteiger partial charge on any atom is 0.246 e. The quantitative estimate of drug-likeness (QED) is 0.724. The molecule has 102 valence electrons. The van der Waals surface area contributed by atoms with Gasteiger partial charge in [0, 0.05) is 12.8 Å². The van der Waals surface area contributed by atoms with Crippen molar-refractivity contribution in [2.75, 3.05) is 25.1 Å². The summed E-state index contributed by atoms with van der Waals surface area (Å²) in [6.45, 7) is 1.79. The van der Waals surface area contributed by atoms with Crippen LogP contribution < -0.4 is 5.32 Å². The highest BCUT2D eigenvalue weighted by molar-refractivity contribution is 7.90. The summed E-state index contributed by atoms with van der Waals surface area (Å²) in [5, 5.41) is 2.59. The van der Waals surface area contributed by atoms with Gasteiger partial charge in [-0.1, -0.05) is 0 Å². The van der Waals surface area contributed by atoms with Crippen LogP contribution in [0.5, 0.6) is 0 Å². The molecular formula is C11H18N2O4S. The number of rotatable bonds is 4. The van der Waals surface area contributed by atoms with Gasteiger partial charge in [-0.2, -0.15) is 0 Å². The summed E-state index contributed by atoms with van der Waals surface area (Å²) >= 11 is 0. The van der Waals surface area contributed by atoms with E-state index in [0.717, 1.165) is 19.1 Å². The normalized spacial score (nSPS) is 29.3. The maximum absolute atomic E-state index is 12.0. The van der Waals surface area contributed by atoms with Crippen molar-refractivity contribution in [1.29, 1.82) is 0 Å². The SMILES string of the molecule is CC1(C2CC2)C(=O)NCC(=O)N1CCS(C)(=O)=O. The van der Waals surface area contributed by atoms with E-state index in [0.29, 0.717) is 0 Å². The van der Waals surface area contributed by atoms with Crippen molar-refractivity contribution in [3.05, 3.63) is 0 Å². The minimum atomic E-state index is -3.15. The van der Waals surface area contributed by atoms with Crippen molar-refractivity contribution in [3.63, 3.8) is 0 Å². The van der Waals surface area contributed by atoms with Crippen LogP contribution in [0.2, 0.25) is 0 Å². The summed E-state index contributed by atoms with van der Waals surface area (Å²) in [7, 11) is -3.15. The predicted octanol–water partition coefficient (Wildman–Crippen LogP) is -0.842. The molecular weight excluding hydrogens is 256 g/mol. The van der Waals surface area contributed by atoms with Crippen LogP contribution >= 0.6 is 0 Å². The number of piperazine rings is 1. The molecule has 1 N–H and O–H groups in total. The third-order valence-corrected chi connectivity index (χ3v) is 4.70. The molecule has 0 aromatic carbocycles. The van der Waals surface area contributed by atoms with Gasteiger partial charge in [0.25, 0.3) is 0 Å². The number of carbonyl (C=O) groups is 2. The van der Waals surface area contributed by atoms with Gasteiger partial charge in [0.1, 0.15) is 15.4 Å². The molecule has 2 aliphatic rings. The van der Waals surface area contributed by atoms with E-state index in [9.17, 15) is 18.0 Å². The zero-order chi connectivity index (χ0) is 13.6. The summed E-state index contributed by atoms with van der Waals surface area (Å²) in [6, 6.07) is 0. The number of hydrogen-bond acceptors (Lipinski definition) is 4. The van der Waals surface area contributed by atoms with Crippen LogP contribution in [0.3, 0.4) is 0 Å². The van der Waals surface area contributed by atoms with Gasteiger partial charge in [-0.3, -0.25) is 9.59 Å². The lowest BCUT2D eigenvalue weighted by Crippen LogP contribution is -2.67. The molecule has 0 bridgehead atoms. The first-order valence-corrected chi connectivity index (χ1v) is 8.07. The van der Waals surface area contributed by atoms with Crippen molar-refractivity contribution < 1.29 is 18.0 Å².